The molecule has 1 aromatic rings. The van der Waals surface area contributed by atoms with Crippen LogP contribution < -0.4 is 0 Å². The van der Waals surface area contributed by atoms with Crippen LogP contribution in [0.25, 0.3) is 0 Å². The van der Waals surface area contributed by atoms with Gasteiger partial charge in [0, 0.05) is 20.3 Å². The molecular formula is C10H7F2IO2. The first-order valence-electron chi connectivity index (χ1n) is 4.05. The molecule has 80 valence electrons. The smallest absolute Gasteiger partial charge is 0.263 e. The predicted molar refractivity (Wildman–Crippen MR) is 59.5 cm³/mol. The summed E-state index contributed by atoms with van der Waals surface area (Å²) in [5, 5.41) is 0. The Morgan fingerprint density at radius 2 is 2.07 bits per heavy atom. The lowest BCUT2D eigenvalue weighted by molar-refractivity contribution is 0.100. The quantitative estimate of drug-likeness (QED) is 0.486. The topological polar surface area (TPSA) is 34.1 Å². The molecule has 0 aliphatic heterocycles. The van der Waals surface area contributed by atoms with E-state index in [9.17, 15) is 18.4 Å². The fraction of sp³-hybridized carbons (Fsp3) is 0.200. The highest BCUT2D eigenvalue weighted by atomic mass is 127. The molecule has 1 aromatic carbocycles. The van der Waals surface area contributed by atoms with Gasteiger partial charge in [0.25, 0.3) is 6.43 Å². The van der Waals surface area contributed by atoms with Gasteiger partial charge in [-0.25, -0.2) is 8.78 Å². The van der Waals surface area contributed by atoms with Crippen LogP contribution in [0.2, 0.25) is 0 Å². The molecule has 0 N–H and O–H groups in total. The number of hydrogen-bond acceptors (Lipinski definition) is 2. The van der Waals surface area contributed by atoms with Gasteiger partial charge in [0.15, 0.2) is 12.1 Å². The Morgan fingerprint density at radius 3 is 2.47 bits per heavy atom. The van der Waals surface area contributed by atoms with Crippen molar-refractivity contribution in [3.63, 3.8) is 0 Å². The van der Waals surface area contributed by atoms with Crippen molar-refractivity contribution in [3.05, 3.63) is 32.4 Å². The molecule has 0 aliphatic carbocycles. The first-order valence-corrected chi connectivity index (χ1v) is 5.13. The minimum atomic E-state index is -2.64. The lowest BCUT2D eigenvalue weighted by Gasteiger charge is -2.07. The zero-order chi connectivity index (χ0) is 11.6. The Balaban J connectivity index is 3.45. The molecule has 0 atom stereocenters. The van der Waals surface area contributed by atoms with Crippen molar-refractivity contribution in [3.8, 4) is 0 Å². The van der Waals surface area contributed by atoms with Gasteiger partial charge < -0.3 is 0 Å². The summed E-state index contributed by atoms with van der Waals surface area (Å²) in [6.45, 7) is 1.24. The minimum Gasteiger partial charge on any atom is -0.298 e. The van der Waals surface area contributed by atoms with E-state index in [4.69, 9.17) is 0 Å². The number of halogens is 3. The van der Waals surface area contributed by atoms with Crippen LogP contribution in [0.1, 0.15) is 39.6 Å². The first kappa shape index (κ1) is 12.2. The summed E-state index contributed by atoms with van der Waals surface area (Å²) < 4.78 is 25.2. The Hall–Kier alpha value is -0.850. The fourth-order valence-electron chi connectivity index (χ4n) is 1.18. The Kier molecular flexibility index (Phi) is 3.90. The van der Waals surface area contributed by atoms with E-state index in [0.29, 0.717) is 9.86 Å². The second-order valence-corrected chi connectivity index (χ2v) is 4.10. The number of rotatable bonds is 3. The molecule has 1 rings (SSSR count). The van der Waals surface area contributed by atoms with Crippen molar-refractivity contribution >= 4 is 34.7 Å². The van der Waals surface area contributed by atoms with Gasteiger partial charge in [-0.15, -0.1) is 0 Å². The van der Waals surface area contributed by atoms with Crippen molar-refractivity contribution in [1.82, 2.24) is 0 Å². The monoisotopic (exact) mass is 324 g/mol. The Labute approximate surface area is 98.8 Å². The van der Waals surface area contributed by atoms with Gasteiger partial charge in [0.05, 0.1) is 0 Å². The van der Waals surface area contributed by atoms with Crippen LogP contribution in [-0.2, 0) is 0 Å². The number of carbonyl (C=O) groups is 2. The second kappa shape index (κ2) is 4.78. The van der Waals surface area contributed by atoms with Gasteiger partial charge in [0.2, 0.25) is 0 Å². The summed E-state index contributed by atoms with van der Waals surface area (Å²) in [6.07, 6.45) is -2.13. The van der Waals surface area contributed by atoms with Crippen LogP contribution in [0.15, 0.2) is 12.1 Å². The van der Waals surface area contributed by atoms with E-state index in [0.717, 1.165) is 6.07 Å². The van der Waals surface area contributed by atoms with E-state index in [2.05, 4.69) is 0 Å². The number of carbonyl (C=O) groups excluding carboxylic acids is 2. The van der Waals surface area contributed by atoms with Crippen LogP contribution >= 0.6 is 22.6 Å². The molecule has 0 aromatic heterocycles. The second-order valence-electron chi connectivity index (χ2n) is 2.94. The Morgan fingerprint density at radius 1 is 1.47 bits per heavy atom. The maximum Gasteiger partial charge on any atom is 0.263 e. The highest BCUT2D eigenvalue weighted by Crippen LogP contribution is 2.25. The predicted octanol–water partition coefficient (Wildman–Crippen LogP) is 3.24. The van der Waals surface area contributed by atoms with E-state index >= 15 is 0 Å². The highest BCUT2D eigenvalue weighted by Gasteiger charge is 2.16. The van der Waals surface area contributed by atoms with Crippen LogP contribution in [0.4, 0.5) is 8.78 Å². The van der Waals surface area contributed by atoms with Crippen LogP contribution in [0.3, 0.4) is 0 Å². The van der Waals surface area contributed by atoms with Gasteiger partial charge >= 0.3 is 0 Å². The van der Waals surface area contributed by atoms with Crippen LogP contribution in [-0.4, -0.2) is 12.1 Å². The summed E-state index contributed by atoms with van der Waals surface area (Å²) in [5.74, 6) is -0.391. The van der Waals surface area contributed by atoms with E-state index in [1.807, 2.05) is 0 Å². The number of benzene rings is 1. The van der Waals surface area contributed by atoms with Crippen LogP contribution in [0.5, 0.6) is 0 Å². The molecule has 0 unspecified atom stereocenters. The van der Waals surface area contributed by atoms with Gasteiger partial charge in [-0.1, -0.05) is 0 Å². The largest absolute Gasteiger partial charge is 0.298 e. The maximum atomic E-state index is 12.4. The third-order valence-electron chi connectivity index (χ3n) is 1.90. The first-order chi connectivity index (χ1) is 6.97. The normalized spacial score (nSPS) is 10.5. The lowest BCUT2D eigenvalue weighted by atomic mass is 10.0. The molecule has 2 nitrogen and oxygen atoms in total. The summed E-state index contributed by atoms with van der Waals surface area (Å²) in [6, 6.07) is 2.28. The summed E-state index contributed by atoms with van der Waals surface area (Å²) in [4.78, 5) is 21.8. The molecule has 0 spiro atoms. The molecule has 0 bridgehead atoms. The third kappa shape index (κ3) is 2.58. The molecule has 0 radical (unpaired) electrons. The molecule has 0 saturated carbocycles. The molecule has 0 fully saturated rings. The van der Waals surface area contributed by atoms with E-state index in [1.165, 1.54) is 13.0 Å². The molecule has 5 heteroatoms. The van der Waals surface area contributed by atoms with E-state index < -0.39 is 12.2 Å². The van der Waals surface area contributed by atoms with Gasteiger partial charge in [-0.2, -0.15) is 0 Å². The summed E-state index contributed by atoms with van der Waals surface area (Å²) >= 11 is 1.76. The van der Waals surface area contributed by atoms with Gasteiger partial charge in [-0.05, 0) is 41.6 Å². The van der Waals surface area contributed by atoms with Crippen molar-refractivity contribution in [2.24, 2.45) is 0 Å². The number of aldehydes is 1. The SMILES string of the molecule is CC(=O)c1cc(C(F)F)cc(I)c1C=O. The van der Waals surface area contributed by atoms with Crippen molar-refractivity contribution in [1.29, 1.82) is 0 Å². The molecule has 0 amide bonds. The van der Waals surface area contributed by atoms with Crippen LogP contribution in [0, 0.1) is 3.57 Å². The summed E-state index contributed by atoms with van der Waals surface area (Å²) in [5.41, 5.74) is -0.0186. The van der Waals surface area contributed by atoms with Crippen molar-refractivity contribution in [2.75, 3.05) is 0 Å². The van der Waals surface area contributed by atoms with Gasteiger partial charge in [0.1, 0.15) is 0 Å². The minimum absolute atomic E-state index is 0.0483. The van der Waals surface area contributed by atoms with Crippen molar-refractivity contribution < 1.29 is 18.4 Å². The zero-order valence-corrected chi connectivity index (χ0v) is 9.92. The lowest BCUT2D eigenvalue weighted by Crippen LogP contribution is -2.03. The van der Waals surface area contributed by atoms with E-state index in [-0.39, 0.29) is 16.7 Å². The standard InChI is InChI=1S/C10H7F2IO2/c1-5(15)7-2-6(10(11)12)3-9(13)8(7)4-14/h2-4,10H,1H3. The molecule has 0 heterocycles. The zero-order valence-electron chi connectivity index (χ0n) is 7.76. The molecule has 0 saturated heterocycles. The Bertz CT molecular complexity index is 416. The average molecular weight is 324 g/mol. The highest BCUT2D eigenvalue weighted by molar-refractivity contribution is 14.1. The molecule has 0 aliphatic rings. The molecular weight excluding hydrogens is 317 g/mol. The third-order valence-corrected chi connectivity index (χ3v) is 2.79. The van der Waals surface area contributed by atoms with Gasteiger partial charge in [-0.3, -0.25) is 9.59 Å². The molecule has 15 heavy (non-hydrogen) atoms. The maximum absolute atomic E-state index is 12.4. The number of alkyl halides is 2. The number of hydrogen-bond donors (Lipinski definition) is 0. The van der Waals surface area contributed by atoms with Crippen molar-refractivity contribution in [2.45, 2.75) is 13.3 Å². The number of ketones is 1. The number of Topliss-reactive ketones (excluding diaryl/α,β-unsaturated/α-hetero) is 1. The summed E-state index contributed by atoms with van der Waals surface area (Å²) in [7, 11) is 0. The average Bonchev–Trinajstić information content (AvgIpc) is 2.16. The van der Waals surface area contributed by atoms with E-state index in [1.54, 1.807) is 22.6 Å². The fourth-order valence-corrected chi connectivity index (χ4v) is 1.95.